The number of benzene rings is 2. The third-order valence-electron chi connectivity index (χ3n) is 5.34. The highest BCUT2D eigenvalue weighted by Gasteiger charge is 2.62. The molecule has 4 rings (SSSR count). The Kier molecular flexibility index (Phi) is 4.55. The Labute approximate surface area is 173 Å². The van der Waals surface area contributed by atoms with Crippen LogP contribution in [0.15, 0.2) is 71.6 Å². The molecule has 1 atom stereocenters. The van der Waals surface area contributed by atoms with E-state index in [1.54, 1.807) is 50.4 Å². The molecule has 0 saturated carbocycles. The number of hydrogen-bond acceptors (Lipinski definition) is 6. The van der Waals surface area contributed by atoms with E-state index in [0.29, 0.717) is 22.6 Å². The summed E-state index contributed by atoms with van der Waals surface area (Å²) in [5.74, 6) is -1.06. The van der Waals surface area contributed by atoms with Crippen molar-refractivity contribution in [3.63, 3.8) is 0 Å². The molecule has 2 aliphatic heterocycles. The predicted molar refractivity (Wildman–Crippen MR) is 108 cm³/mol. The number of fused-ring (bicyclic) bond motifs is 2. The lowest BCUT2D eigenvalue weighted by Crippen LogP contribution is -2.46. The van der Waals surface area contributed by atoms with E-state index in [-0.39, 0.29) is 23.6 Å². The standard InChI is InChI=1S/C23H19N3O4/c1-3-29-21(27)18-19(14-9-5-4-6-10-14)26(2)22(28)23(18)15-11-7-8-12-17(15)30-20(25)16(23)13-24/h4-12H,3,25H2,1-2H3. The van der Waals surface area contributed by atoms with Crippen molar-refractivity contribution in [2.24, 2.45) is 5.73 Å². The SMILES string of the molecule is CCOC(=O)C1=C(c2ccccc2)N(C)C(=O)C12C(C#N)=C(N)Oc1ccccc12. The minimum absolute atomic E-state index is 0.0540. The Morgan fingerprint density at radius 2 is 1.87 bits per heavy atom. The fraction of sp³-hybridized carbons (Fsp3) is 0.174. The number of carbonyl (C=O) groups is 2. The molecule has 0 radical (unpaired) electrons. The molecular formula is C23H19N3O4. The fourth-order valence-corrected chi connectivity index (χ4v) is 4.17. The van der Waals surface area contributed by atoms with E-state index in [0.717, 1.165) is 0 Å². The van der Waals surface area contributed by atoms with E-state index < -0.39 is 17.3 Å². The maximum atomic E-state index is 13.8. The van der Waals surface area contributed by atoms with Crippen LogP contribution in [0.1, 0.15) is 18.1 Å². The number of nitrogens with two attached hydrogens (primary N) is 1. The summed E-state index contributed by atoms with van der Waals surface area (Å²) in [5, 5.41) is 9.99. The molecule has 2 aromatic carbocycles. The summed E-state index contributed by atoms with van der Waals surface area (Å²) in [6, 6.07) is 17.8. The molecule has 7 nitrogen and oxygen atoms in total. The van der Waals surface area contributed by atoms with Crippen molar-refractivity contribution in [1.29, 1.82) is 5.26 Å². The van der Waals surface area contributed by atoms with E-state index in [4.69, 9.17) is 15.2 Å². The minimum atomic E-state index is -1.75. The number of hydrogen-bond donors (Lipinski definition) is 1. The first-order chi connectivity index (χ1) is 14.5. The number of esters is 1. The van der Waals surface area contributed by atoms with Gasteiger partial charge in [-0.15, -0.1) is 0 Å². The van der Waals surface area contributed by atoms with Crippen molar-refractivity contribution in [3.05, 3.63) is 82.8 Å². The molecule has 2 aliphatic rings. The van der Waals surface area contributed by atoms with Gasteiger partial charge in [-0.1, -0.05) is 48.5 Å². The summed E-state index contributed by atoms with van der Waals surface area (Å²) < 4.78 is 11.0. The Morgan fingerprint density at radius 3 is 2.53 bits per heavy atom. The van der Waals surface area contributed by atoms with Gasteiger partial charge in [0, 0.05) is 12.6 Å². The average Bonchev–Trinajstić information content (AvgIpc) is 2.98. The van der Waals surface area contributed by atoms with Crippen molar-refractivity contribution >= 4 is 17.6 Å². The van der Waals surface area contributed by atoms with Crippen LogP contribution in [0.5, 0.6) is 5.75 Å². The molecule has 1 amide bonds. The van der Waals surface area contributed by atoms with Crippen LogP contribution in [0.2, 0.25) is 0 Å². The van der Waals surface area contributed by atoms with Crippen LogP contribution in [-0.2, 0) is 19.7 Å². The van der Waals surface area contributed by atoms with Gasteiger partial charge in [0.1, 0.15) is 17.4 Å². The quantitative estimate of drug-likeness (QED) is 0.792. The van der Waals surface area contributed by atoms with Crippen LogP contribution in [0.3, 0.4) is 0 Å². The zero-order valence-corrected chi connectivity index (χ0v) is 16.5. The van der Waals surface area contributed by atoms with Crippen molar-refractivity contribution in [1.82, 2.24) is 4.90 Å². The molecule has 0 saturated heterocycles. The molecule has 150 valence electrons. The third-order valence-corrected chi connectivity index (χ3v) is 5.34. The van der Waals surface area contributed by atoms with E-state index in [1.807, 2.05) is 24.3 Å². The van der Waals surface area contributed by atoms with Crippen molar-refractivity contribution in [2.45, 2.75) is 12.3 Å². The summed E-state index contributed by atoms with van der Waals surface area (Å²) in [4.78, 5) is 28.5. The molecule has 2 N–H and O–H groups in total. The first kappa shape index (κ1) is 19.3. The Hall–Kier alpha value is -4.05. The Balaban J connectivity index is 2.17. The van der Waals surface area contributed by atoms with Gasteiger partial charge in [-0.3, -0.25) is 4.79 Å². The van der Waals surface area contributed by atoms with Gasteiger partial charge in [-0.05, 0) is 18.6 Å². The van der Waals surface area contributed by atoms with Crippen LogP contribution in [0.25, 0.3) is 5.70 Å². The van der Waals surface area contributed by atoms with Gasteiger partial charge >= 0.3 is 5.97 Å². The number of nitrogens with zero attached hydrogens (tertiary/aromatic N) is 2. The van der Waals surface area contributed by atoms with Gasteiger partial charge < -0.3 is 20.1 Å². The van der Waals surface area contributed by atoms with Crippen molar-refractivity contribution in [3.8, 4) is 11.8 Å². The summed E-state index contributed by atoms with van der Waals surface area (Å²) in [6.45, 7) is 1.79. The molecule has 1 unspecified atom stereocenters. The Morgan fingerprint density at radius 1 is 1.20 bits per heavy atom. The summed E-state index contributed by atoms with van der Waals surface area (Å²) in [5.41, 5.74) is 5.64. The van der Waals surface area contributed by atoms with Crippen molar-refractivity contribution < 1.29 is 19.1 Å². The number of likely N-dealkylation sites (N-methyl/N-ethyl adjacent to an activating group) is 1. The smallest absolute Gasteiger partial charge is 0.337 e. The van der Waals surface area contributed by atoms with Crippen LogP contribution in [0, 0.1) is 11.3 Å². The normalized spacial score (nSPS) is 20.2. The second-order valence-electron chi connectivity index (χ2n) is 6.87. The maximum absolute atomic E-state index is 13.8. The largest absolute Gasteiger partial charge is 0.463 e. The topological polar surface area (TPSA) is 106 Å². The highest BCUT2D eigenvalue weighted by molar-refractivity contribution is 6.19. The molecule has 0 fully saturated rings. The maximum Gasteiger partial charge on any atom is 0.337 e. The highest BCUT2D eigenvalue weighted by Crippen LogP contribution is 2.55. The lowest BCUT2D eigenvalue weighted by Gasteiger charge is -2.34. The van der Waals surface area contributed by atoms with Gasteiger partial charge in [0.15, 0.2) is 5.41 Å². The van der Waals surface area contributed by atoms with Crippen LogP contribution < -0.4 is 10.5 Å². The lowest BCUT2D eigenvalue weighted by atomic mass is 9.67. The molecule has 1 spiro atoms. The molecule has 2 heterocycles. The van der Waals surface area contributed by atoms with Gasteiger partial charge in [-0.2, -0.15) is 5.26 Å². The van der Waals surface area contributed by atoms with Crippen LogP contribution in [0.4, 0.5) is 0 Å². The fourth-order valence-electron chi connectivity index (χ4n) is 4.17. The van der Waals surface area contributed by atoms with Crippen LogP contribution in [-0.4, -0.2) is 30.4 Å². The first-order valence-electron chi connectivity index (χ1n) is 9.41. The molecule has 0 aliphatic carbocycles. The molecule has 0 aromatic heterocycles. The number of para-hydroxylation sites is 1. The molecule has 0 bridgehead atoms. The molecule has 7 heteroatoms. The average molecular weight is 401 g/mol. The first-order valence-corrected chi connectivity index (χ1v) is 9.41. The highest BCUT2D eigenvalue weighted by atomic mass is 16.5. The second-order valence-corrected chi connectivity index (χ2v) is 6.87. The summed E-state index contributed by atoms with van der Waals surface area (Å²) in [6.07, 6.45) is 0. The third kappa shape index (κ3) is 2.44. The van der Waals surface area contributed by atoms with E-state index >= 15 is 0 Å². The van der Waals surface area contributed by atoms with E-state index in [1.165, 1.54) is 4.90 Å². The van der Waals surface area contributed by atoms with Gasteiger partial charge in [0.05, 0.1) is 17.9 Å². The van der Waals surface area contributed by atoms with Gasteiger partial charge in [-0.25, -0.2) is 4.79 Å². The molecular weight excluding hydrogens is 382 g/mol. The van der Waals surface area contributed by atoms with Gasteiger partial charge in [0.2, 0.25) is 11.8 Å². The number of carbonyl (C=O) groups excluding carboxylic acids is 2. The summed E-state index contributed by atoms with van der Waals surface area (Å²) in [7, 11) is 1.57. The number of nitriles is 1. The minimum Gasteiger partial charge on any atom is -0.463 e. The number of rotatable bonds is 3. The molecule has 2 aromatic rings. The molecule has 30 heavy (non-hydrogen) atoms. The zero-order valence-electron chi connectivity index (χ0n) is 16.5. The van der Waals surface area contributed by atoms with E-state index in [9.17, 15) is 14.9 Å². The van der Waals surface area contributed by atoms with Crippen molar-refractivity contribution in [2.75, 3.05) is 13.7 Å². The van der Waals surface area contributed by atoms with Crippen LogP contribution >= 0.6 is 0 Å². The predicted octanol–water partition coefficient (Wildman–Crippen LogP) is 2.46. The zero-order chi connectivity index (χ0) is 21.5. The second kappa shape index (κ2) is 7.08. The number of ether oxygens (including phenoxy) is 2. The Bertz CT molecular complexity index is 1160. The summed E-state index contributed by atoms with van der Waals surface area (Å²) >= 11 is 0. The number of amides is 1. The lowest BCUT2D eigenvalue weighted by molar-refractivity contribution is -0.140. The monoisotopic (exact) mass is 401 g/mol. The van der Waals surface area contributed by atoms with Gasteiger partial charge in [0.25, 0.3) is 0 Å². The van der Waals surface area contributed by atoms with E-state index in [2.05, 4.69) is 0 Å².